The molecule has 4 rings (SSSR count). The number of carbonyl (C=O) groups is 2. The van der Waals surface area contributed by atoms with Crippen molar-refractivity contribution in [3.8, 4) is 11.5 Å². The molecule has 0 saturated carbocycles. The number of aromatic nitrogens is 1. The first kappa shape index (κ1) is 26.4. The molecule has 3 amide bonds. The van der Waals surface area contributed by atoms with Gasteiger partial charge in [0.2, 0.25) is 0 Å². The summed E-state index contributed by atoms with van der Waals surface area (Å²) in [6.45, 7) is 1.82. The molecule has 0 aliphatic carbocycles. The molecule has 0 radical (unpaired) electrons. The number of halogens is 4. The Balaban J connectivity index is 1.44. The van der Waals surface area contributed by atoms with Crippen molar-refractivity contribution in [2.45, 2.75) is 25.7 Å². The van der Waals surface area contributed by atoms with Gasteiger partial charge in [-0.2, -0.15) is 18.3 Å². The van der Waals surface area contributed by atoms with Gasteiger partial charge >= 0.3 is 12.2 Å². The van der Waals surface area contributed by atoms with Crippen LogP contribution in [0.5, 0.6) is 11.5 Å². The molecular formula is C25H22F4N6O3. The summed E-state index contributed by atoms with van der Waals surface area (Å²) in [4.78, 5) is 28.2. The molecule has 0 spiro atoms. The van der Waals surface area contributed by atoms with Crippen LogP contribution in [0.4, 0.5) is 33.7 Å². The van der Waals surface area contributed by atoms with E-state index < -0.39 is 42.2 Å². The summed E-state index contributed by atoms with van der Waals surface area (Å²) in [6.07, 6.45) is -5.06. The maximum absolute atomic E-state index is 14.7. The largest absolute Gasteiger partial charge is 0.457 e. The number of hydrazone groups is 1. The monoisotopic (exact) mass is 530 g/mol. The van der Waals surface area contributed by atoms with Gasteiger partial charge < -0.3 is 20.7 Å². The van der Waals surface area contributed by atoms with Crippen LogP contribution in [0.3, 0.4) is 0 Å². The predicted octanol–water partition coefficient (Wildman–Crippen LogP) is 4.96. The van der Waals surface area contributed by atoms with Gasteiger partial charge in [-0.1, -0.05) is 17.7 Å². The average molecular weight is 530 g/mol. The fraction of sp³-hybridized carbons (Fsp3) is 0.200. The highest BCUT2D eigenvalue weighted by molar-refractivity contribution is 5.95. The Morgan fingerprint density at radius 2 is 1.76 bits per heavy atom. The second-order valence-corrected chi connectivity index (χ2v) is 8.24. The van der Waals surface area contributed by atoms with E-state index in [9.17, 15) is 27.2 Å². The van der Waals surface area contributed by atoms with Gasteiger partial charge in [0.05, 0.1) is 11.4 Å². The van der Waals surface area contributed by atoms with E-state index in [0.29, 0.717) is 5.69 Å². The zero-order valence-electron chi connectivity index (χ0n) is 20.1. The second-order valence-electron chi connectivity index (χ2n) is 8.24. The van der Waals surface area contributed by atoms with E-state index in [4.69, 9.17) is 4.74 Å². The molecule has 1 unspecified atom stereocenters. The molecular weight excluding hydrogens is 508 g/mol. The average Bonchev–Trinajstić information content (AvgIpc) is 3.30. The van der Waals surface area contributed by atoms with Crippen LogP contribution in [-0.4, -0.2) is 42.0 Å². The number of benzene rings is 2. The number of amides is 3. The number of anilines is 2. The minimum Gasteiger partial charge on any atom is -0.457 e. The fourth-order valence-corrected chi connectivity index (χ4v) is 3.56. The summed E-state index contributed by atoms with van der Waals surface area (Å²) in [5.41, 5.74) is 0.0707. The van der Waals surface area contributed by atoms with Crippen LogP contribution >= 0.6 is 0 Å². The number of aryl methyl sites for hydroxylation is 1. The number of hydrogen-bond acceptors (Lipinski definition) is 6. The number of hydrogen-bond donors (Lipinski definition) is 3. The van der Waals surface area contributed by atoms with E-state index in [1.54, 1.807) is 24.3 Å². The first-order valence-electron chi connectivity index (χ1n) is 11.3. The Hall–Kier alpha value is -4.68. The lowest BCUT2D eigenvalue weighted by atomic mass is 10.2. The Bertz CT molecular complexity index is 1380. The fourth-order valence-electron chi connectivity index (χ4n) is 3.56. The first-order chi connectivity index (χ1) is 18.0. The summed E-state index contributed by atoms with van der Waals surface area (Å²) in [5.74, 6) is -0.975. The Morgan fingerprint density at radius 1 is 1.05 bits per heavy atom. The van der Waals surface area contributed by atoms with Crippen molar-refractivity contribution < 1.29 is 31.9 Å². The number of urea groups is 1. The Kier molecular flexibility index (Phi) is 7.46. The lowest BCUT2D eigenvalue weighted by molar-refractivity contribution is -0.0600. The standard InChI is InChI=1S/C25H22F4N6O3/c1-14-3-5-15(6-4-14)35-22(13-21(34-35)25(27,28)29)33-24(37)32-19-8-7-16(11-18(19)26)38-17-9-10-31-20(12-17)23(36)30-2/h3-12,22H,13H2,1-2H3,(H,30,36)(H2,32,33,37). The van der Waals surface area contributed by atoms with Crippen LogP contribution in [0.1, 0.15) is 22.5 Å². The molecule has 198 valence electrons. The van der Waals surface area contributed by atoms with Gasteiger partial charge in [0.15, 0.2) is 0 Å². The highest BCUT2D eigenvalue weighted by Gasteiger charge is 2.43. The molecule has 2 aromatic carbocycles. The van der Waals surface area contributed by atoms with E-state index in [2.05, 4.69) is 26.0 Å². The van der Waals surface area contributed by atoms with Crippen molar-refractivity contribution in [1.29, 1.82) is 0 Å². The zero-order valence-corrected chi connectivity index (χ0v) is 20.1. The van der Waals surface area contributed by atoms with Crippen molar-refractivity contribution in [1.82, 2.24) is 15.6 Å². The summed E-state index contributed by atoms with van der Waals surface area (Å²) < 4.78 is 60.2. The molecule has 1 atom stereocenters. The van der Waals surface area contributed by atoms with Gasteiger partial charge in [-0.3, -0.25) is 9.78 Å². The molecule has 13 heteroatoms. The van der Waals surface area contributed by atoms with E-state index in [1.165, 1.54) is 37.5 Å². The number of nitrogens with one attached hydrogen (secondary N) is 3. The maximum atomic E-state index is 14.7. The van der Waals surface area contributed by atoms with E-state index in [1.807, 2.05) is 6.92 Å². The second kappa shape index (κ2) is 10.7. The third kappa shape index (κ3) is 6.17. The molecule has 0 bridgehead atoms. The summed E-state index contributed by atoms with van der Waals surface area (Å²) >= 11 is 0. The smallest absolute Gasteiger partial charge is 0.431 e. The van der Waals surface area contributed by atoms with Crippen LogP contribution in [0.25, 0.3) is 0 Å². The molecule has 1 aliphatic rings. The lowest BCUT2D eigenvalue weighted by Crippen LogP contribution is -2.46. The summed E-state index contributed by atoms with van der Waals surface area (Å²) in [6, 6.07) is 12.1. The molecule has 3 aromatic rings. The van der Waals surface area contributed by atoms with Gasteiger partial charge in [0, 0.05) is 31.8 Å². The maximum Gasteiger partial charge on any atom is 0.431 e. The van der Waals surface area contributed by atoms with E-state index in [-0.39, 0.29) is 22.9 Å². The number of rotatable bonds is 6. The molecule has 38 heavy (non-hydrogen) atoms. The van der Waals surface area contributed by atoms with Gasteiger partial charge in [0.25, 0.3) is 5.91 Å². The first-order valence-corrected chi connectivity index (χ1v) is 11.3. The zero-order chi connectivity index (χ0) is 27.4. The van der Waals surface area contributed by atoms with Gasteiger partial charge in [-0.25, -0.2) is 14.2 Å². The van der Waals surface area contributed by atoms with Crippen LogP contribution in [0.2, 0.25) is 0 Å². The molecule has 1 aliphatic heterocycles. The van der Waals surface area contributed by atoms with Crippen molar-refractivity contribution in [2.75, 3.05) is 17.4 Å². The number of ether oxygens (including phenoxy) is 1. The number of pyridine rings is 1. The minimum atomic E-state index is -4.67. The minimum absolute atomic E-state index is 0.0760. The normalized spacial score (nSPS) is 15.1. The summed E-state index contributed by atoms with van der Waals surface area (Å²) in [5, 5.41) is 11.9. The number of alkyl halides is 3. The third-order valence-electron chi connectivity index (χ3n) is 5.45. The third-order valence-corrected chi connectivity index (χ3v) is 5.45. The SMILES string of the molecule is CNC(=O)c1cc(Oc2ccc(NC(=O)NC3CC(C(F)(F)F)=NN3c3ccc(C)cc3)c(F)c2)ccn1. The van der Waals surface area contributed by atoms with Gasteiger partial charge in [-0.05, 0) is 37.3 Å². The van der Waals surface area contributed by atoms with E-state index in [0.717, 1.165) is 16.6 Å². The molecule has 9 nitrogen and oxygen atoms in total. The predicted molar refractivity (Wildman–Crippen MR) is 132 cm³/mol. The van der Waals surface area contributed by atoms with Crippen molar-refractivity contribution in [3.63, 3.8) is 0 Å². The van der Waals surface area contributed by atoms with Crippen LogP contribution < -0.4 is 25.7 Å². The quantitative estimate of drug-likeness (QED) is 0.391. The number of nitrogens with zero attached hydrogens (tertiary/aromatic N) is 3. The van der Waals surface area contributed by atoms with Crippen molar-refractivity contribution in [2.24, 2.45) is 5.10 Å². The molecule has 0 saturated heterocycles. The van der Waals surface area contributed by atoms with Gasteiger partial charge in [-0.15, -0.1) is 0 Å². The van der Waals surface area contributed by atoms with Crippen molar-refractivity contribution >= 4 is 29.0 Å². The molecule has 1 aromatic heterocycles. The van der Waals surface area contributed by atoms with E-state index >= 15 is 0 Å². The topological polar surface area (TPSA) is 108 Å². The molecule has 2 heterocycles. The Morgan fingerprint density at radius 3 is 2.42 bits per heavy atom. The number of carbonyl (C=O) groups excluding carboxylic acids is 2. The van der Waals surface area contributed by atoms with Crippen LogP contribution in [0.15, 0.2) is 65.9 Å². The summed E-state index contributed by atoms with van der Waals surface area (Å²) in [7, 11) is 1.45. The highest BCUT2D eigenvalue weighted by atomic mass is 19.4. The van der Waals surface area contributed by atoms with Gasteiger partial charge in [0.1, 0.15) is 34.9 Å². The van der Waals surface area contributed by atoms with Crippen molar-refractivity contribution in [3.05, 3.63) is 77.9 Å². The van der Waals surface area contributed by atoms with Crippen LogP contribution in [-0.2, 0) is 0 Å². The molecule has 0 fully saturated rings. The lowest BCUT2D eigenvalue weighted by Gasteiger charge is -2.24. The molecule has 3 N–H and O–H groups in total. The highest BCUT2D eigenvalue weighted by Crippen LogP contribution is 2.31. The van der Waals surface area contributed by atoms with Crippen LogP contribution in [0, 0.1) is 12.7 Å². The Labute approximate surface area is 214 Å².